The Morgan fingerprint density at radius 3 is 2.27 bits per heavy atom. The van der Waals surface area contributed by atoms with Crippen LogP contribution in [0, 0.1) is 26.0 Å². The van der Waals surface area contributed by atoms with E-state index >= 15 is 0 Å². The molecule has 80 valence electrons. The van der Waals surface area contributed by atoms with Crippen molar-refractivity contribution in [2.45, 2.75) is 4.90 Å². The molecule has 9 heteroatoms. The maximum Gasteiger partial charge on any atom is 0.293 e. The number of nitro benzene ring substituents is 2. The molecule has 15 heavy (non-hydrogen) atoms. The Balaban J connectivity index is 3.45. The molecule has 0 fully saturated rings. The summed E-state index contributed by atoms with van der Waals surface area (Å²) in [5.41, 5.74) is -1.41. The maximum atomic E-state index is 13.1. The van der Waals surface area contributed by atoms with Gasteiger partial charge in [-0.15, -0.1) is 0 Å². The highest BCUT2D eigenvalue weighted by atomic mass is 35.7. The van der Waals surface area contributed by atoms with Gasteiger partial charge in [-0.2, -0.15) is 0 Å². The van der Waals surface area contributed by atoms with E-state index in [1.165, 1.54) is 0 Å². The van der Waals surface area contributed by atoms with Gasteiger partial charge in [-0.25, -0.2) is 4.39 Å². The summed E-state index contributed by atoms with van der Waals surface area (Å²) in [6, 6.07) is 1.24. The summed E-state index contributed by atoms with van der Waals surface area (Å²) in [5, 5.41) is 20.8. The lowest BCUT2D eigenvalue weighted by molar-refractivity contribution is -0.396. The molecule has 0 aliphatic heterocycles. The van der Waals surface area contributed by atoms with Crippen LogP contribution in [0.3, 0.4) is 0 Å². The Bertz CT molecular complexity index is 441. The first-order valence-electron chi connectivity index (χ1n) is 3.38. The fourth-order valence-corrected chi connectivity index (χ4v) is 1.69. The zero-order chi connectivity index (χ0) is 11.6. The van der Waals surface area contributed by atoms with Crippen LogP contribution in [0.25, 0.3) is 0 Å². The average molecular weight is 253 g/mol. The fraction of sp³-hybridized carbons (Fsp3) is 0. The van der Waals surface area contributed by atoms with E-state index in [0.717, 1.165) is 0 Å². The third-order valence-electron chi connectivity index (χ3n) is 1.49. The minimum Gasteiger partial charge on any atom is -0.258 e. The number of hydrogen-bond donors (Lipinski definition) is 0. The maximum absolute atomic E-state index is 13.1. The molecule has 1 rings (SSSR count). The zero-order valence-electron chi connectivity index (χ0n) is 6.85. The lowest BCUT2D eigenvalue weighted by atomic mass is 10.3. The van der Waals surface area contributed by atoms with E-state index in [4.69, 9.17) is 10.7 Å². The second-order valence-electron chi connectivity index (χ2n) is 2.37. The Hall–Kier alpha value is -1.41. The minimum atomic E-state index is -1.09. The van der Waals surface area contributed by atoms with Gasteiger partial charge in [-0.1, -0.05) is 0 Å². The molecule has 0 aliphatic carbocycles. The molecular formula is C6H2ClFN2O4S. The smallest absolute Gasteiger partial charge is 0.258 e. The number of nitrogens with zero attached hydrogens (tertiary/aromatic N) is 2. The van der Waals surface area contributed by atoms with Crippen molar-refractivity contribution in [2.24, 2.45) is 0 Å². The van der Waals surface area contributed by atoms with Crippen LogP contribution in [0.1, 0.15) is 0 Å². The third-order valence-corrected chi connectivity index (χ3v) is 2.51. The monoisotopic (exact) mass is 252 g/mol. The van der Waals surface area contributed by atoms with Crippen molar-refractivity contribution in [1.29, 1.82) is 0 Å². The first-order valence-corrected chi connectivity index (χ1v) is 5.02. The van der Waals surface area contributed by atoms with Crippen molar-refractivity contribution in [2.75, 3.05) is 0 Å². The van der Waals surface area contributed by atoms with Crippen molar-refractivity contribution in [3.05, 3.63) is 38.2 Å². The first kappa shape index (κ1) is 11.7. The Kier molecular flexibility index (Phi) is 3.43. The minimum absolute atomic E-state index is 0.304. The van der Waals surface area contributed by atoms with E-state index in [-0.39, 0.29) is 0 Å². The van der Waals surface area contributed by atoms with Crippen LogP contribution >= 0.6 is 21.7 Å². The fourth-order valence-electron chi connectivity index (χ4n) is 0.882. The van der Waals surface area contributed by atoms with Gasteiger partial charge in [0.1, 0.15) is 4.90 Å². The second kappa shape index (κ2) is 4.41. The summed E-state index contributed by atoms with van der Waals surface area (Å²) < 4.78 is 13.1. The number of nitro groups is 2. The topological polar surface area (TPSA) is 86.3 Å². The molecule has 0 N–H and O–H groups in total. The van der Waals surface area contributed by atoms with Crippen molar-refractivity contribution in [1.82, 2.24) is 0 Å². The van der Waals surface area contributed by atoms with Crippen LogP contribution in [-0.4, -0.2) is 9.85 Å². The van der Waals surface area contributed by atoms with Gasteiger partial charge in [-0.3, -0.25) is 20.2 Å². The van der Waals surface area contributed by atoms with Gasteiger partial charge in [0.15, 0.2) is 5.82 Å². The molecule has 0 bridgehead atoms. The molecule has 0 aromatic heterocycles. The van der Waals surface area contributed by atoms with Crippen LogP contribution in [0.5, 0.6) is 0 Å². The van der Waals surface area contributed by atoms with Gasteiger partial charge in [0, 0.05) is 0 Å². The molecule has 1 aromatic rings. The summed E-state index contributed by atoms with van der Waals surface area (Å²) in [6.07, 6.45) is 0. The van der Waals surface area contributed by atoms with E-state index in [1.807, 2.05) is 0 Å². The molecule has 0 saturated heterocycles. The van der Waals surface area contributed by atoms with Gasteiger partial charge in [0.05, 0.1) is 22.0 Å². The number of rotatable bonds is 3. The predicted octanol–water partition coefficient (Wildman–Crippen LogP) is 2.89. The number of halogens is 2. The quantitative estimate of drug-likeness (QED) is 0.610. The van der Waals surface area contributed by atoms with E-state index in [9.17, 15) is 24.6 Å². The molecule has 1 aromatic carbocycles. The summed E-state index contributed by atoms with van der Waals surface area (Å²) in [6.45, 7) is 0. The summed E-state index contributed by atoms with van der Waals surface area (Å²) in [4.78, 5) is 18.5. The van der Waals surface area contributed by atoms with Crippen molar-refractivity contribution >= 4 is 33.0 Å². The van der Waals surface area contributed by atoms with Gasteiger partial charge in [-0.05, 0) is 21.7 Å². The van der Waals surface area contributed by atoms with Crippen molar-refractivity contribution in [3.8, 4) is 0 Å². The normalized spacial score (nSPS) is 10.0. The Labute approximate surface area is 90.8 Å². The highest BCUT2D eigenvalue weighted by molar-refractivity contribution is 8.21. The molecule has 0 radical (unpaired) electrons. The number of non-ortho nitro benzene ring substituents is 1. The van der Waals surface area contributed by atoms with Crippen LogP contribution in [0.4, 0.5) is 15.8 Å². The number of benzene rings is 1. The molecule has 0 atom stereocenters. The average Bonchev–Trinajstić information content (AvgIpc) is 2.16. The van der Waals surface area contributed by atoms with E-state index in [0.29, 0.717) is 23.1 Å². The highest BCUT2D eigenvalue weighted by Gasteiger charge is 2.24. The lowest BCUT2D eigenvalue weighted by Gasteiger charge is -1.99. The molecule has 0 spiro atoms. The van der Waals surface area contributed by atoms with Crippen molar-refractivity contribution in [3.63, 3.8) is 0 Å². The Morgan fingerprint density at radius 1 is 1.27 bits per heavy atom. The molecule has 0 aliphatic rings. The lowest BCUT2D eigenvalue weighted by Crippen LogP contribution is -1.96. The van der Waals surface area contributed by atoms with Crippen LogP contribution in [0.15, 0.2) is 17.0 Å². The first-order chi connectivity index (χ1) is 6.97. The number of hydrogen-bond acceptors (Lipinski definition) is 5. The zero-order valence-corrected chi connectivity index (χ0v) is 8.42. The van der Waals surface area contributed by atoms with Gasteiger partial charge in [0.2, 0.25) is 0 Å². The highest BCUT2D eigenvalue weighted by Crippen LogP contribution is 2.36. The largest absolute Gasteiger partial charge is 0.293 e. The summed E-state index contributed by atoms with van der Waals surface area (Å²) in [5.74, 6) is -1.09. The van der Waals surface area contributed by atoms with E-state index < -0.39 is 31.9 Å². The standard InChI is InChI=1S/C6H2ClFN2O4S/c7-15-6-4(8)1-3(9(11)12)2-5(6)10(13)14/h1-2H. The van der Waals surface area contributed by atoms with Crippen LogP contribution in [0.2, 0.25) is 0 Å². The molecule has 0 heterocycles. The SMILES string of the molecule is O=[N+]([O-])c1cc(F)c(SCl)c([N+](=O)[O-])c1. The summed E-state index contributed by atoms with van der Waals surface area (Å²) >= 11 is 0. The molecule has 0 unspecified atom stereocenters. The second-order valence-corrected chi connectivity index (χ2v) is 3.39. The van der Waals surface area contributed by atoms with Crippen LogP contribution < -0.4 is 0 Å². The summed E-state index contributed by atoms with van der Waals surface area (Å²) in [7, 11) is 5.52. The predicted molar refractivity (Wildman–Crippen MR) is 51.4 cm³/mol. The van der Waals surface area contributed by atoms with E-state index in [1.54, 1.807) is 0 Å². The van der Waals surface area contributed by atoms with Gasteiger partial charge in [0.25, 0.3) is 11.4 Å². The van der Waals surface area contributed by atoms with Gasteiger partial charge < -0.3 is 0 Å². The van der Waals surface area contributed by atoms with Crippen LogP contribution in [-0.2, 0) is 0 Å². The van der Waals surface area contributed by atoms with Gasteiger partial charge >= 0.3 is 0 Å². The Morgan fingerprint density at radius 2 is 1.87 bits per heavy atom. The molecular weight excluding hydrogens is 251 g/mol. The molecule has 0 saturated carbocycles. The molecule has 0 amide bonds. The molecule has 6 nitrogen and oxygen atoms in total. The van der Waals surface area contributed by atoms with Crippen molar-refractivity contribution < 1.29 is 14.2 Å². The third kappa shape index (κ3) is 2.34. The van der Waals surface area contributed by atoms with E-state index in [2.05, 4.69) is 0 Å².